The third kappa shape index (κ3) is 4.39. The van der Waals surface area contributed by atoms with E-state index >= 15 is 0 Å². The van der Waals surface area contributed by atoms with Gasteiger partial charge in [-0.2, -0.15) is 0 Å². The number of carbonyl (C=O) groups is 1. The van der Waals surface area contributed by atoms with Crippen molar-refractivity contribution in [1.82, 2.24) is 9.88 Å². The van der Waals surface area contributed by atoms with Crippen LogP contribution >= 0.6 is 0 Å². The van der Waals surface area contributed by atoms with Gasteiger partial charge in [-0.15, -0.1) is 0 Å². The van der Waals surface area contributed by atoms with E-state index < -0.39 is 0 Å². The number of hydrogen-bond donors (Lipinski definition) is 0. The third-order valence-corrected chi connectivity index (χ3v) is 3.41. The normalized spacial score (nSPS) is 10.6. The first-order valence-electron chi connectivity index (χ1n) is 6.92. The van der Waals surface area contributed by atoms with E-state index in [0.29, 0.717) is 5.56 Å². The molecular weight excluding hydrogens is 264 g/mol. The van der Waals surface area contributed by atoms with Crippen LogP contribution in [0.15, 0.2) is 42.7 Å². The molecule has 0 saturated carbocycles. The molecule has 0 fully saturated rings. The molecule has 0 aliphatic rings. The van der Waals surface area contributed by atoms with Crippen LogP contribution in [0, 0.1) is 0 Å². The van der Waals surface area contributed by atoms with Gasteiger partial charge in [0.2, 0.25) is 0 Å². The summed E-state index contributed by atoms with van der Waals surface area (Å²) >= 11 is 0. The first-order chi connectivity index (χ1) is 10.2. The molecule has 1 aromatic heterocycles. The van der Waals surface area contributed by atoms with Gasteiger partial charge in [-0.1, -0.05) is 0 Å². The number of pyridine rings is 1. The minimum atomic E-state index is 0.674. The van der Waals surface area contributed by atoms with E-state index in [1.54, 1.807) is 13.2 Å². The van der Waals surface area contributed by atoms with Crippen LogP contribution in [0.3, 0.4) is 0 Å². The Morgan fingerprint density at radius 3 is 2.67 bits per heavy atom. The number of likely N-dealkylation sites (N-methyl/N-ethyl adjacent to an activating group) is 1. The van der Waals surface area contributed by atoms with Crippen LogP contribution in [-0.2, 0) is 13.0 Å². The van der Waals surface area contributed by atoms with Crippen molar-refractivity contribution in [2.24, 2.45) is 0 Å². The number of nitrogens with zero attached hydrogens (tertiary/aromatic N) is 2. The summed E-state index contributed by atoms with van der Waals surface area (Å²) in [6, 6.07) is 9.56. The van der Waals surface area contributed by atoms with Crippen molar-refractivity contribution in [2.45, 2.75) is 13.0 Å². The Hall–Kier alpha value is -2.20. The Morgan fingerprint density at radius 1 is 1.24 bits per heavy atom. The topological polar surface area (TPSA) is 42.4 Å². The molecule has 0 aliphatic heterocycles. The Bertz CT molecular complexity index is 585. The van der Waals surface area contributed by atoms with Crippen molar-refractivity contribution >= 4 is 6.29 Å². The highest BCUT2D eigenvalue weighted by Gasteiger charge is 2.08. The zero-order valence-electron chi connectivity index (χ0n) is 12.5. The summed E-state index contributed by atoms with van der Waals surface area (Å²) in [5.74, 6) is 0.816. The van der Waals surface area contributed by atoms with Crippen molar-refractivity contribution in [2.75, 3.05) is 20.7 Å². The maximum Gasteiger partial charge on any atom is 0.150 e. The maximum absolute atomic E-state index is 10.9. The minimum absolute atomic E-state index is 0.674. The summed E-state index contributed by atoms with van der Waals surface area (Å²) in [5.41, 5.74) is 2.97. The van der Waals surface area contributed by atoms with Crippen LogP contribution in [0.1, 0.15) is 21.5 Å². The van der Waals surface area contributed by atoms with Gasteiger partial charge < -0.3 is 9.64 Å². The molecule has 0 atom stereocenters. The highest BCUT2D eigenvalue weighted by atomic mass is 16.5. The largest absolute Gasteiger partial charge is 0.496 e. The van der Waals surface area contributed by atoms with E-state index in [1.807, 2.05) is 36.7 Å². The summed E-state index contributed by atoms with van der Waals surface area (Å²) in [7, 11) is 3.71. The van der Waals surface area contributed by atoms with Crippen LogP contribution in [0.4, 0.5) is 0 Å². The maximum atomic E-state index is 10.9. The molecule has 0 saturated heterocycles. The smallest absolute Gasteiger partial charge is 0.150 e. The second-order valence-electron chi connectivity index (χ2n) is 5.03. The monoisotopic (exact) mass is 284 g/mol. The molecule has 4 nitrogen and oxygen atoms in total. The third-order valence-electron chi connectivity index (χ3n) is 3.41. The molecule has 1 aromatic carbocycles. The second kappa shape index (κ2) is 7.55. The second-order valence-corrected chi connectivity index (χ2v) is 5.03. The lowest BCUT2D eigenvalue weighted by Gasteiger charge is -2.18. The Kier molecular flexibility index (Phi) is 5.46. The molecule has 0 amide bonds. The first-order valence-corrected chi connectivity index (χ1v) is 6.92. The van der Waals surface area contributed by atoms with Gasteiger partial charge in [-0.05, 0) is 49.4 Å². The fourth-order valence-corrected chi connectivity index (χ4v) is 2.23. The molecule has 110 valence electrons. The van der Waals surface area contributed by atoms with Crippen LogP contribution < -0.4 is 4.74 Å². The van der Waals surface area contributed by atoms with Gasteiger partial charge in [0.15, 0.2) is 0 Å². The lowest BCUT2D eigenvalue weighted by atomic mass is 10.1. The standard InChI is InChI=1S/C17H20N2O2/c1-19(10-7-14-5-8-18-9-6-14)12-16-11-15(13-20)3-4-17(16)21-2/h3-6,8-9,11,13H,7,10,12H2,1-2H3. The lowest BCUT2D eigenvalue weighted by molar-refractivity contribution is 0.112. The molecule has 4 heteroatoms. The predicted octanol–water partition coefficient (Wildman–Crippen LogP) is 2.58. The van der Waals surface area contributed by atoms with Crippen molar-refractivity contribution < 1.29 is 9.53 Å². The van der Waals surface area contributed by atoms with Crippen LogP contribution in [0.25, 0.3) is 0 Å². The van der Waals surface area contributed by atoms with Gasteiger partial charge in [0.1, 0.15) is 12.0 Å². The average molecular weight is 284 g/mol. The van der Waals surface area contributed by atoms with Gasteiger partial charge in [0.05, 0.1) is 7.11 Å². The van der Waals surface area contributed by atoms with Crippen molar-refractivity contribution in [3.05, 3.63) is 59.4 Å². The number of carbonyl (C=O) groups excluding carboxylic acids is 1. The molecule has 2 rings (SSSR count). The summed E-state index contributed by atoms with van der Waals surface area (Å²) in [4.78, 5) is 17.1. The number of methoxy groups -OCH3 is 1. The molecular formula is C17H20N2O2. The Balaban J connectivity index is 1.98. The fraction of sp³-hybridized carbons (Fsp3) is 0.294. The van der Waals surface area contributed by atoms with Gasteiger partial charge in [0.25, 0.3) is 0 Å². The molecule has 0 unspecified atom stereocenters. The number of hydrogen-bond acceptors (Lipinski definition) is 4. The number of ether oxygens (including phenoxy) is 1. The molecule has 1 heterocycles. The van der Waals surface area contributed by atoms with Crippen molar-refractivity contribution in [1.29, 1.82) is 0 Å². The SMILES string of the molecule is COc1ccc(C=O)cc1CN(C)CCc1ccncc1. The van der Waals surface area contributed by atoms with E-state index in [0.717, 1.165) is 37.1 Å². The molecule has 0 radical (unpaired) electrons. The van der Waals surface area contributed by atoms with Gasteiger partial charge in [0, 0.05) is 36.6 Å². The summed E-state index contributed by atoms with van der Waals surface area (Å²) < 4.78 is 5.36. The zero-order valence-corrected chi connectivity index (χ0v) is 12.5. The number of aromatic nitrogens is 1. The van der Waals surface area contributed by atoms with Crippen LogP contribution in [0.5, 0.6) is 5.75 Å². The highest BCUT2D eigenvalue weighted by molar-refractivity contribution is 5.75. The van der Waals surface area contributed by atoms with E-state index in [-0.39, 0.29) is 0 Å². The molecule has 0 spiro atoms. The minimum Gasteiger partial charge on any atom is -0.496 e. The Labute approximate surface area is 125 Å². The van der Waals surface area contributed by atoms with E-state index in [4.69, 9.17) is 4.74 Å². The van der Waals surface area contributed by atoms with E-state index in [1.165, 1.54) is 5.56 Å². The lowest BCUT2D eigenvalue weighted by Crippen LogP contribution is -2.21. The molecule has 0 bridgehead atoms. The van der Waals surface area contributed by atoms with Gasteiger partial charge in [-0.25, -0.2) is 0 Å². The first kappa shape index (κ1) is 15.2. The highest BCUT2D eigenvalue weighted by Crippen LogP contribution is 2.20. The molecule has 0 N–H and O–H groups in total. The van der Waals surface area contributed by atoms with E-state index in [2.05, 4.69) is 16.9 Å². The number of aldehydes is 1. The summed E-state index contributed by atoms with van der Waals surface area (Å²) in [6.07, 6.45) is 5.45. The van der Waals surface area contributed by atoms with Gasteiger partial charge >= 0.3 is 0 Å². The van der Waals surface area contributed by atoms with Crippen LogP contribution in [-0.4, -0.2) is 36.9 Å². The quantitative estimate of drug-likeness (QED) is 0.733. The average Bonchev–Trinajstić information content (AvgIpc) is 2.54. The number of rotatable bonds is 7. The Morgan fingerprint density at radius 2 is 2.00 bits per heavy atom. The zero-order chi connectivity index (χ0) is 15.1. The fourth-order valence-electron chi connectivity index (χ4n) is 2.23. The number of benzene rings is 1. The molecule has 2 aromatic rings. The van der Waals surface area contributed by atoms with Crippen molar-refractivity contribution in [3.63, 3.8) is 0 Å². The molecule has 0 aliphatic carbocycles. The molecule has 21 heavy (non-hydrogen) atoms. The van der Waals surface area contributed by atoms with E-state index in [9.17, 15) is 4.79 Å². The summed E-state index contributed by atoms with van der Waals surface area (Å²) in [6.45, 7) is 1.68. The van der Waals surface area contributed by atoms with Crippen molar-refractivity contribution in [3.8, 4) is 5.75 Å². The van der Waals surface area contributed by atoms with Gasteiger partial charge in [-0.3, -0.25) is 9.78 Å². The predicted molar refractivity (Wildman–Crippen MR) is 82.7 cm³/mol. The van der Waals surface area contributed by atoms with Crippen LogP contribution in [0.2, 0.25) is 0 Å². The summed E-state index contributed by atoms with van der Waals surface area (Å²) in [5, 5.41) is 0.